The minimum atomic E-state index is 0.153. The van der Waals surface area contributed by atoms with Gasteiger partial charge in [0.1, 0.15) is 12.7 Å². The first kappa shape index (κ1) is 11.4. The summed E-state index contributed by atoms with van der Waals surface area (Å²) < 4.78 is 11.3. The molecule has 1 saturated heterocycles. The van der Waals surface area contributed by atoms with Crippen LogP contribution in [0, 0.1) is 6.92 Å². The minimum Gasteiger partial charge on any atom is -0.475 e. The van der Waals surface area contributed by atoms with Gasteiger partial charge in [-0.2, -0.15) is 0 Å². The molecule has 4 heteroatoms. The van der Waals surface area contributed by atoms with Gasteiger partial charge in [-0.25, -0.2) is 4.98 Å². The second kappa shape index (κ2) is 5.27. The van der Waals surface area contributed by atoms with Gasteiger partial charge >= 0.3 is 0 Å². The van der Waals surface area contributed by atoms with E-state index in [-0.39, 0.29) is 6.10 Å². The van der Waals surface area contributed by atoms with Crippen LogP contribution in [0.15, 0.2) is 18.3 Å². The van der Waals surface area contributed by atoms with E-state index in [9.17, 15) is 0 Å². The van der Waals surface area contributed by atoms with Crippen LogP contribution in [-0.4, -0.2) is 49.3 Å². The average Bonchev–Trinajstić information content (AvgIpc) is 2.28. The molecule has 1 aromatic heterocycles. The number of ether oxygens (including phenoxy) is 2. The Balaban J connectivity index is 1.85. The van der Waals surface area contributed by atoms with Crippen LogP contribution in [0.2, 0.25) is 0 Å². The zero-order valence-corrected chi connectivity index (χ0v) is 9.85. The Morgan fingerprint density at radius 3 is 3.25 bits per heavy atom. The van der Waals surface area contributed by atoms with Crippen molar-refractivity contribution < 1.29 is 9.47 Å². The van der Waals surface area contributed by atoms with Gasteiger partial charge in [0.15, 0.2) is 0 Å². The van der Waals surface area contributed by atoms with Crippen molar-refractivity contribution in [2.24, 2.45) is 0 Å². The van der Waals surface area contributed by atoms with E-state index in [1.54, 1.807) is 6.20 Å². The Labute approximate surface area is 96.2 Å². The molecule has 0 saturated carbocycles. The number of pyridine rings is 1. The van der Waals surface area contributed by atoms with Gasteiger partial charge in [-0.3, -0.25) is 0 Å². The van der Waals surface area contributed by atoms with E-state index in [4.69, 9.17) is 9.47 Å². The first-order valence-corrected chi connectivity index (χ1v) is 5.60. The highest BCUT2D eigenvalue weighted by Crippen LogP contribution is 2.13. The molecule has 0 spiro atoms. The van der Waals surface area contributed by atoms with E-state index in [2.05, 4.69) is 16.9 Å². The number of aryl methyl sites for hydroxylation is 1. The lowest BCUT2D eigenvalue weighted by atomic mass is 10.3. The Morgan fingerprint density at radius 2 is 2.50 bits per heavy atom. The first-order valence-electron chi connectivity index (χ1n) is 5.60. The zero-order chi connectivity index (χ0) is 11.4. The van der Waals surface area contributed by atoms with Gasteiger partial charge in [0.25, 0.3) is 0 Å². The van der Waals surface area contributed by atoms with Crippen LogP contribution in [0.5, 0.6) is 5.88 Å². The Kier molecular flexibility index (Phi) is 3.74. The molecule has 16 heavy (non-hydrogen) atoms. The smallest absolute Gasteiger partial charge is 0.216 e. The normalized spacial score (nSPS) is 22.0. The summed E-state index contributed by atoms with van der Waals surface area (Å²) in [5, 5.41) is 0. The van der Waals surface area contributed by atoms with Crippen LogP contribution in [0.4, 0.5) is 0 Å². The van der Waals surface area contributed by atoms with Crippen LogP contribution in [0.25, 0.3) is 0 Å². The molecular formula is C12H18N2O2. The van der Waals surface area contributed by atoms with Gasteiger partial charge < -0.3 is 14.4 Å². The van der Waals surface area contributed by atoms with E-state index < -0.39 is 0 Å². The number of aromatic nitrogens is 1. The highest BCUT2D eigenvalue weighted by atomic mass is 16.5. The van der Waals surface area contributed by atoms with Crippen LogP contribution in [0.3, 0.4) is 0 Å². The highest BCUT2D eigenvalue weighted by molar-refractivity contribution is 5.23. The van der Waals surface area contributed by atoms with E-state index in [0.717, 1.165) is 25.3 Å². The fourth-order valence-electron chi connectivity index (χ4n) is 1.76. The summed E-state index contributed by atoms with van der Waals surface area (Å²) in [6.07, 6.45) is 1.90. The van der Waals surface area contributed by atoms with Gasteiger partial charge in [0, 0.05) is 24.8 Å². The van der Waals surface area contributed by atoms with E-state index in [0.29, 0.717) is 12.5 Å². The summed E-state index contributed by atoms with van der Waals surface area (Å²) in [6, 6.07) is 3.91. The first-order chi connectivity index (χ1) is 7.75. The molecule has 2 rings (SSSR count). The number of nitrogens with zero attached hydrogens (tertiary/aromatic N) is 2. The van der Waals surface area contributed by atoms with Crippen molar-refractivity contribution in [3.63, 3.8) is 0 Å². The lowest BCUT2D eigenvalue weighted by Crippen LogP contribution is -2.42. The van der Waals surface area contributed by atoms with Crippen LogP contribution in [-0.2, 0) is 4.74 Å². The predicted octanol–water partition coefficient (Wildman–Crippen LogP) is 1.10. The summed E-state index contributed by atoms with van der Waals surface area (Å²) in [5.41, 5.74) is 1.06. The third kappa shape index (κ3) is 2.93. The van der Waals surface area contributed by atoms with E-state index in [1.165, 1.54) is 0 Å². The molecule has 0 N–H and O–H groups in total. The van der Waals surface area contributed by atoms with Crippen molar-refractivity contribution in [1.82, 2.24) is 9.88 Å². The molecule has 0 bridgehead atoms. The molecule has 2 heterocycles. The van der Waals surface area contributed by atoms with Gasteiger partial charge in [-0.05, 0) is 20.0 Å². The Bertz CT molecular complexity index is 344. The maximum atomic E-state index is 5.66. The number of likely N-dealkylation sites (N-methyl/N-ethyl adjacent to an activating group) is 1. The SMILES string of the molecule is Cc1cccnc1OCC1CN(C)CCO1. The third-order valence-electron chi connectivity index (χ3n) is 2.71. The van der Waals surface area contributed by atoms with Gasteiger partial charge in [0.05, 0.1) is 6.61 Å². The lowest BCUT2D eigenvalue weighted by Gasteiger charge is -2.29. The van der Waals surface area contributed by atoms with Crippen LogP contribution >= 0.6 is 0 Å². The fourth-order valence-corrected chi connectivity index (χ4v) is 1.76. The molecule has 1 fully saturated rings. The number of hydrogen-bond donors (Lipinski definition) is 0. The molecular weight excluding hydrogens is 204 g/mol. The van der Waals surface area contributed by atoms with Gasteiger partial charge in [-0.1, -0.05) is 6.07 Å². The molecule has 1 aromatic rings. The Hall–Kier alpha value is -1.13. The second-order valence-electron chi connectivity index (χ2n) is 4.19. The average molecular weight is 222 g/mol. The number of morpholine rings is 1. The molecule has 1 aliphatic rings. The molecule has 1 aliphatic heterocycles. The van der Waals surface area contributed by atoms with Crippen LogP contribution in [0.1, 0.15) is 5.56 Å². The number of hydrogen-bond acceptors (Lipinski definition) is 4. The molecule has 1 atom stereocenters. The fraction of sp³-hybridized carbons (Fsp3) is 0.583. The second-order valence-corrected chi connectivity index (χ2v) is 4.19. The van der Waals surface area contributed by atoms with Gasteiger partial charge in [0.2, 0.25) is 5.88 Å². The maximum absolute atomic E-state index is 5.66. The number of rotatable bonds is 3. The van der Waals surface area contributed by atoms with Crippen molar-refractivity contribution >= 4 is 0 Å². The molecule has 0 aromatic carbocycles. The van der Waals surface area contributed by atoms with E-state index in [1.807, 2.05) is 19.1 Å². The zero-order valence-electron chi connectivity index (χ0n) is 9.85. The van der Waals surface area contributed by atoms with E-state index >= 15 is 0 Å². The Morgan fingerprint density at radius 1 is 1.62 bits per heavy atom. The quantitative estimate of drug-likeness (QED) is 0.767. The molecule has 4 nitrogen and oxygen atoms in total. The molecule has 88 valence electrons. The standard InChI is InChI=1S/C12H18N2O2/c1-10-4-3-5-13-12(10)16-9-11-8-14(2)6-7-15-11/h3-5,11H,6-9H2,1-2H3. The topological polar surface area (TPSA) is 34.6 Å². The molecule has 0 radical (unpaired) electrons. The summed E-state index contributed by atoms with van der Waals surface area (Å²) in [6.45, 7) is 5.27. The summed E-state index contributed by atoms with van der Waals surface area (Å²) in [5.74, 6) is 0.708. The lowest BCUT2D eigenvalue weighted by molar-refractivity contribution is -0.0411. The van der Waals surface area contributed by atoms with Crippen molar-refractivity contribution in [2.45, 2.75) is 13.0 Å². The summed E-state index contributed by atoms with van der Waals surface area (Å²) in [4.78, 5) is 6.44. The minimum absolute atomic E-state index is 0.153. The molecule has 1 unspecified atom stereocenters. The monoisotopic (exact) mass is 222 g/mol. The van der Waals surface area contributed by atoms with Crippen molar-refractivity contribution in [3.05, 3.63) is 23.9 Å². The maximum Gasteiger partial charge on any atom is 0.216 e. The molecule has 0 amide bonds. The summed E-state index contributed by atoms with van der Waals surface area (Å²) in [7, 11) is 2.10. The summed E-state index contributed by atoms with van der Waals surface area (Å²) >= 11 is 0. The largest absolute Gasteiger partial charge is 0.475 e. The van der Waals surface area contributed by atoms with Gasteiger partial charge in [-0.15, -0.1) is 0 Å². The highest BCUT2D eigenvalue weighted by Gasteiger charge is 2.18. The van der Waals surface area contributed by atoms with Crippen LogP contribution < -0.4 is 4.74 Å². The van der Waals surface area contributed by atoms with Crippen molar-refractivity contribution in [3.8, 4) is 5.88 Å². The molecule has 0 aliphatic carbocycles. The van der Waals surface area contributed by atoms with Crippen molar-refractivity contribution in [2.75, 3.05) is 33.4 Å². The third-order valence-corrected chi connectivity index (χ3v) is 2.71. The predicted molar refractivity (Wildman–Crippen MR) is 61.7 cm³/mol. The van der Waals surface area contributed by atoms with Crippen molar-refractivity contribution in [1.29, 1.82) is 0 Å².